The summed E-state index contributed by atoms with van der Waals surface area (Å²) >= 11 is 0. The van der Waals surface area contributed by atoms with Crippen LogP contribution < -0.4 is 10.2 Å². The number of amides is 2. The predicted molar refractivity (Wildman–Crippen MR) is 76.8 cm³/mol. The summed E-state index contributed by atoms with van der Waals surface area (Å²) in [6, 6.07) is 8.76. The average Bonchev–Trinajstić information content (AvgIpc) is 2.47. The van der Waals surface area contributed by atoms with Gasteiger partial charge in [0.15, 0.2) is 0 Å². The molecule has 2 N–H and O–H groups in total. The number of carbonyl (C=O) groups excluding carboxylic acids is 1. The number of benzene rings is 1. The van der Waals surface area contributed by atoms with Crippen LogP contribution in [-0.2, 0) is 4.79 Å². The molecule has 0 aromatic heterocycles. The van der Waals surface area contributed by atoms with Crippen molar-refractivity contribution in [3.05, 3.63) is 30.3 Å². The van der Waals surface area contributed by atoms with Crippen LogP contribution in [0.5, 0.6) is 0 Å². The third kappa shape index (κ3) is 3.29. The third-order valence-corrected chi connectivity index (χ3v) is 3.84. The van der Waals surface area contributed by atoms with E-state index in [1.807, 2.05) is 30.3 Å². The van der Waals surface area contributed by atoms with E-state index in [1.54, 1.807) is 7.05 Å². The fraction of sp³-hybridized carbons (Fsp3) is 0.467. The Hall–Kier alpha value is -2.04. The van der Waals surface area contributed by atoms with Crippen LogP contribution in [0.4, 0.5) is 10.5 Å². The van der Waals surface area contributed by atoms with E-state index in [0.717, 1.165) is 24.9 Å². The first-order valence-electron chi connectivity index (χ1n) is 6.91. The number of hydrogen-bond donors (Lipinski definition) is 2. The zero-order valence-corrected chi connectivity index (χ0v) is 11.6. The van der Waals surface area contributed by atoms with Gasteiger partial charge >= 0.3 is 12.0 Å². The molecule has 1 saturated carbocycles. The Morgan fingerprint density at radius 3 is 2.50 bits per heavy atom. The second kappa shape index (κ2) is 6.41. The van der Waals surface area contributed by atoms with Gasteiger partial charge in [0.05, 0.1) is 5.92 Å². The number of anilines is 1. The summed E-state index contributed by atoms with van der Waals surface area (Å²) in [5.74, 6) is -1.30. The summed E-state index contributed by atoms with van der Waals surface area (Å²) < 4.78 is 0. The lowest BCUT2D eigenvalue weighted by molar-refractivity contribution is -0.143. The third-order valence-electron chi connectivity index (χ3n) is 3.84. The van der Waals surface area contributed by atoms with Crippen LogP contribution in [0.2, 0.25) is 0 Å². The highest BCUT2D eigenvalue weighted by Gasteiger charge is 2.32. The first kappa shape index (κ1) is 14.4. The molecule has 0 aliphatic heterocycles. The highest BCUT2D eigenvalue weighted by Crippen LogP contribution is 2.25. The van der Waals surface area contributed by atoms with Gasteiger partial charge in [-0.1, -0.05) is 31.0 Å². The van der Waals surface area contributed by atoms with Crippen LogP contribution in [0.3, 0.4) is 0 Å². The van der Waals surface area contributed by atoms with Gasteiger partial charge in [0.1, 0.15) is 0 Å². The number of carboxylic acids is 1. The highest BCUT2D eigenvalue weighted by molar-refractivity contribution is 5.91. The maximum Gasteiger partial charge on any atom is 0.321 e. The van der Waals surface area contributed by atoms with Gasteiger partial charge in [0, 0.05) is 18.8 Å². The number of hydrogen-bond acceptors (Lipinski definition) is 2. The first-order chi connectivity index (χ1) is 9.59. The number of nitrogens with one attached hydrogen (secondary N) is 1. The molecule has 2 atom stereocenters. The average molecular weight is 276 g/mol. The molecule has 2 rings (SSSR count). The van der Waals surface area contributed by atoms with Gasteiger partial charge < -0.3 is 10.4 Å². The molecule has 1 aromatic rings. The van der Waals surface area contributed by atoms with Crippen molar-refractivity contribution in [1.82, 2.24) is 5.32 Å². The van der Waals surface area contributed by atoms with Crippen LogP contribution >= 0.6 is 0 Å². The molecule has 20 heavy (non-hydrogen) atoms. The van der Waals surface area contributed by atoms with Crippen molar-refractivity contribution in [3.8, 4) is 0 Å². The Kier molecular flexibility index (Phi) is 4.61. The van der Waals surface area contributed by atoms with Gasteiger partial charge in [-0.25, -0.2) is 4.79 Å². The number of carbonyl (C=O) groups is 2. The molecule has 5 heteroatoms. The minimum absolute atomic E-state index is 0.255. The predicted octanol–water partition coefficient (Wildman–Crippen LogP) is 2.48. The van der Waals surface area contributed by atoms with Crippen molar-refractivity contribution >= 4 is 17.7 Å². The minimum atomic E-state index is -0.822. The van der Waals surface area contributed by atoms with Crippen molar-refractivity contribution < 1.29 is 14.7 Å². The van der Waals surface area contributed by atoms with Crippen LogP contribution in [0, 0.1) is 5.92 Å². The molecule has 0 saturated heterocycles. The minimum Gasteiger partial charge on any atom is -0.481 e. The molecule has 1 aromatic carbocycles. The second-order valence-corrected chi connectivity index (χ2v) is 5.18. The Morgan fingerprint density at radius 2 is 1.85 bits per heavy atom. The number of aliphatic carboxylic acids is 1. The molecule has 1 aliphatic carbocycles. The molecular weight excluding hydrogens is 256 g/mol. The molecule has 1 fully saturated rings. The summed E-state index contributed by atoms with van der Waals surface area (Å²) in [7, 11) is 1.68. The Morgan fingerprint density at radius 1 is 1.20 bits per heavy atom. The van der Waals surface area contributed by atoms with Gasteiger partial charge in [-0.2, -0.15) is 0 Å². The summed E-state index contributed by atoms with van der Waals surface area (Å²) in [6.45, 7) is 0. The van der Waals surface area contributed by atoms with E-state index in [9.17, 15) is 14.7 Å². The zero-order valence-electron chi connectivity index (χ0n) is 11.6. The fourth-order valence-electron chi connectivity index (χ4n) is 2.62. The molecule has 2 amide bonds. The molecular formula is C15H20N2O3. The lowest BCUT2D eigenvalue weighted by atomic mass is 9.84. The van der Waals surface area contributed by atoms with E-state index in [4.69, 9.17) is 0 Å². The summed E-state index contributed by atoms with van der Waals surface area (Å²) in [4.78, 5) is 24.9. The van der Waals surface area contributed by atoms with E-state index < -0.39 is 11.9 Å². The van der Waals surface area contributed by atoms with Crippen molar-refractivity contribution in [2.75, 3.05) is 11.9 Å². The summed E-state index contributed by atoms with van der Waals surface area (Å²) in [6.07, 6.45) is 3.24. The molecule has 5 nitrogen and oxygen atoms in total. The number of urea groups is 1. The quantitative estimate of drug-likeness (QED) is 0.891. The molecule has 0 radical (unpaired) electrons. The Bertz CT molecular complexity index is 475. The number of para-hydroxylation sites is 1. The number of nitrogens with zero attached hydrogens (tertiary/aromatic N) is 1. The van der Waals surface area contributed by atoms with Gasteiger partial charge in [-0.05, 0) is 25.0 Å². The SMILES string of the molecule is CN(C(=O)NC1CCCCC1C(=O)O)c1ccccc1. The smallest absolute Gasteiger partial charge is 0.321 e. The topological polar surface area (TPSA) is 69.6 Å². The standard InChI is InChI=1S/C15H20N2O3/c1-17(11-7-3-2-4-8-11)15(20)16-13-10-6-5-9-12(13)14(18)19/h2-4,7-8,12-13H,5-6,9-10H2,1H3,(H,16,20)(H,18,19). The van der Waals surface area contributed by atoms with Gasteiger partial charge in [0.25, 0.3) is 0 Å². The molecule has 0 heterocycles. The number of rotatable bonds is 3. The van der Waals surface area contributed by atoms with E-state index in [0.29, 0.717) is 6.42 Å². The van der Waals surface area contributed by atoms with Crippen LogP contribution in [0.1, 0.15) is 25.7 Å². The van der Waals surface area contributed by atoms with E-state index in [2.05, 4.69) is 5.32 Å². The lowest BCUT2D eigenvalue weighted by Crippen LogP contribution is -2.49. The maximum absolute atomic E-state index is 12.2. The van der Waals surface area contributed by atoms with Crippen molar-refractivity contribution in [1.29, 1.82) is 0 Å². The zero-order chi connectivity index (χ0) is 14.5. The van der Waals surface area contributed by atoms with Crippen LogP contribution in [0.25, 0.3) is 0 Å². The Balaban J connectivity index is 2.01. The van der Waals surface area contributed by atoms with Gasteiger partial charge in [0.2, 0.25) is 0 Å². The van der Waals surface area contributed by atoms with Crippen LogP contribution in [-0.4, -0.2) is 30.2 Å². The van der Waals surface area contributed by atoms with Gasteiger partial charge in [-0.3, -0.25) is 9.69 Å². The summed E-state index contributed by atoms with van der Waals surface area (Å²) in [5.41, 5.74) is 0.785. The fourth-order valence-corrected chi connectivity index (χ4v) is 2.62. The molecule has 0 spiro atoms. The monoisotopic (exact) mass is 276 g/mol. The van der Waals surface area contributed by atoms with Crippen molar-refractivity contribution in [3.63, 3.8) is 0 Å². The molecule has 2 unspecified atom stereocenters. The van der Waals surface area contributed by atoms with Crippen molar-refractivity contribution in [2.45, 2.75) is 31.7 Å². The molecule has 1 aliphatic rings. The molecule has 0 bridgehead atoms. The van der Waals surface area contributed by atoms with E-state index in [1.165, 1.54) is 4.90 Å². The lowest BCUT2D eigenvalue weighted by Gasteiger charge is -2.31. The second-order valence-electron chi connectivity index (χ2n) is 5.18. The molecule has 108 valence electrons. The summed E-state index contributed by atoms with van der Waals surface area (Å²) in [5, 5.41) is 12.1. The maximum atomic E-state index is 12.2. The number of carboxylic acid groups (broad SMARTS) is 1. The largest absolute Gasteiger partial charge is 0.481 e. The Labute approximate surface area is 118 Å². The van der Waals surface area contributed by atoms with E-state index >= 15 is 0 Å². The first-order valence-corrected chi connectivity index (χ1v) is 6.91. The van der Waals surface area contributed by atoms with E-state index in [-0.39, 0.29) is 12.1 Å². The highest BCUT2D eigenvalue weighted by atomic mass is 16.4. The normalized spacial score (nSPS) is 22.1. The van der Waals surface area contributed by atoms with Crippen molar-refractivity contribution in [2.24, 2.45) is 5.92 Å². The van der Waals surface area contributed by atoms with Gasteiger partial charge in [-0.15, -0.1) is 0 Å². The van der Waals surface area contributed by atoms with Crippen LogP contribution in [0.15, 0.2) is 30.3 Å².